The fraction of sp³-hybridized carbons (Fsp3) is 0.700. The van der Waals surface area contributed by atoms with E-state index in [4.69, 9.17) is 14.2 Å². The van der Waals surface area contributed by atoms with Crippen molar-refractivity contribution in [1.82, 2.24) is 0 Å². The van der Waals surface area contributed by atoms with E-state index in [0.717, 1.165) is 122 Å². The third kappa shape index (κ3) is 42.0. The van der Waals surface area contributed by atoms with Gasteiger partial charge in [-0.1, -0.05) is 177 Å². The van der Waals surface area contributed by atoms with E-state index in [-0.39, 0.29) is 31.1 Å². The van der Waals surface area contributed by atoms with Crippen LogP contribution in [0.4, 0.5) is 0 Å². The molecule has 0 spiro atoms. The van der Waals surface area contributed by atoms with Gasteiger partial charge in [-0.2, -0.15) is 0 Å². The van der Waals surface area contributed by atoms with Crippen molar-refractivity contribution in [3.8, 4) is 0 Å². The first-order chi connectivity index (χ1) is 27.5. The second kappa shape index (κ2) is 44.6. The van der Waals surface area contributed by atoms with Gasteiger partial charge in [-0.05, 0) is 83.5 Å². The third-order valence-electron chi connectivity index (χ3n) is 9.45. The zero-order valence-electron chi connectivity index (χ0n) is 36.4. The molecule has 0 N–H and O–H groups in total. The summed E-state index contributed by atoms with van der Waals surface area (Å²) in [7, 11) is 0. The second-order valence-electron chi connectivity index (χ2n) is 14.9. The Bertz CT molecular complexity index is 1080. The van der Waals surface area contributed by atoms with Gasteiger partial charge >= 0.3 is 17.9 Å². The highest BCUT2D eigenvalue weighted by molar-refractivity contribution is 5.71. The van der Waals surface area contributed by atoms with E-state index in [1.807, 2.05) is 0 Å². The highest BCUT2D eigenvalue weighted by Crippen LogP contribution is 2.13. The van der Waals surface area contributed by atoms with Gasteiger partial charge in [0.2, 0.25) is 0 Å². The standard InChI is InChI=1S/C50H84O6/c1-4-7-10-13-16-18-20-22-24-25-26-28-29-31-34-37-40-43-49(52)55-46-47(45-54-48(51)42-39-36-33-15-12-9-6-3)56-50(53)44-41-38-35-32-30-27-23-21-19-17-14-11-8-5-2/h7,10,14,16-18,21-24,26,28,47H,4-6,8-9,11-13,15,19-20,25,27,29-46H2,1-3H3/b10-7-,17-14-,18-16-,23-21-,24-22-,28-26-. The van der Waals surface area contributed by atoms with E-state index in [1.165, 1.54) is 44.9 Å². The molecule has 0 aliphatic rings. The Balaban J connectivity index is 4.38. The van der Waals surface area contributed by atoms with E-state index >= 15 is 0 Å². The summed E-state index contributed by atoms with van der Waals surface area (Å²) in [5.74, 6) is -0.940. The molecule has 0 saturated carbocycles. The van der Waals surface area contributed by atoms with E-state index in [1.54, 1.807) is 0 Å². The van der Waals surface area contributed by atoms with E-state index in [0.29, 0.717) is 19.3 Å². The Morgan fingerprint density at radius 3 is 1.14 bits per heavy atom. The number of carbonyl (C=O) groups is 3. The quantitative estimate of drug-likeness (QED) is 0.0267. The summed E-state index contributed by atoms with van der Waals surface area (Å²) in [6, 6.07) is 0. The van der Waals surface area contributed by atoms with Crippen molar-refractivity contribution in [3.63, 3.8) is 0 Å². The van der Waals surface area contributed by atoms with Crippen molar-refractivity contribution >= 4 is 17.9 Å². The lowest BCUT2D eigenvalue weighted by Gasteiger charge is -2.18. The van der Waals surface area contributed by atoms with Crippen molar-refractivity contribution in [2.24, 2.45) is 0 Å². The summed E-state index contributed by atoms with van der Waals surface area (Å²) >= 11 is 0. The zero-order chi connectivity index (χ0) is 40.8. The predicted octanol–water partition coefficient (Wildman–Crippen LogP) is 14.7. The first-order valence-corrected chi connectivity index (χ1v) is 22.9. The highest BCUT2D eigenvalue weighted by atomic mass is 16.6. The van der Waals surface area contributed by atoms with Crippen molar-refractivity contribution < 1.29 is 28.6 Å². The molecule has 0 bridgehead atoms. The van der Waals surface area contributed by atoms with Gasteiger partial charge in [-0.15, -0.1) is 0 Å². The van der Waals surface area contributed by atoms with Crippen LogP contribution in [0.5, 0.6) is 0 Å². The molecule has 0 rings (SSSR count). The molecule has 0 aliphatic carbocycles. The van der Waals surface area contributed by atoms with Crippen LogP contribution in [0.15, 0.2) is 72.9 Å². The molecule has 6 nitrogen and oxygen atoms in total. The Morgan fingerprint density at radius 1 is 0.375 bits per heavy atom. The lowest BCUT2D eigenvalue weighted by molar-refractivity contribution is -0.167. The van der Waals surface area contributed by atoms with Crippen molar-refractivity contribution in [3.05, 3.63) is 72.9 Å². The topological polar surface area (TPSA) is 78.9 Å². The molecule has 0 heterocycles. The summed E-state index contributed by atoms with van der Waals surface area (Å²) in [5.41, 5.74) is 0. The van der Waals surface area contributed by atoms with Crippen LogP contribution in [-0.4, -0.2) is 37.2 Å². The molecule has 1 atom stereocenters. The lowest BCUT2D eigenvalue weighted by atomic mass is 10.1. The lowest BCUT2D eigenvalue weighted by Crippen LogP contribution is -2.30. The van der Waals surface area contributed by atoms with Gasteiger partial charge in [0.1, 0.15) is 13.2 Å². The molecule has 6 heteroatoms. The Labute approximate surface area is 344 Å². The number of rotatable bonds is 40. The maximum absolute atomic E-state index is 12.7. The number of hydrogen-bond donors (Lipinski definition) is 0. The van der Waals surface area contributed by atoms with Gasteiger partial charge in [0, 0.05) is 19.3 Å². The van der Waals surface area contributed by atoms with Crippen molar-refractivity contribution in [2.75, 3.05) is 13.2 Å². The molecule has 0 saturated heterocycles. The van der Waals surface area contributed by atoms with Crippen LogP contribution in [-0.2, 0) is 28.6 Å². The van der Waals surface area contributed by atoms with E-state index in [2.05, 4.69) is 93.7 Å². The van der Waals surface area contributed by atoms with Crippen LogP contribution < -0.4 is 0 Å². The Hall–Kier alpha value is -3.15. The van der Waals surface area contributed by atoms with Crippen LogP contribution in [0, 0.1) is 0 Å². The van der Waals surface area contributed by atoms with Gasteiger partial charge in [0.05, 0.1) is 0 Å². The van der Waals surface area contributed by atoms with Gasteiger partial charge in [-0.25, -0.2) is 0 Å². The minimum atomic E-state index is -0.788. The highest BCUT2D eigenvalue weighted by Gasteiger charge is 2.19. The maximum atomic E-state index is 12.7. The maximum Gasteiger partial charge on any atom is 0.306 e. The Morgan fingerprint density at radius 2 is 0.714 bits per heavy atom. The monoisotopic (exact) mass is 781 g/mol. The molecule has 0 fully saturated rings. The zero-order valence-corrected chi connectivity index (χ0v) is 36.4. The van der Waals surface area contributed by atoms with Gasteiger partial charge in [-0.3, -0.25) is 14.4 Å². The first kappa shape index (κ1) is 52.9. The summed E-state index contributed by atoms with van der Waals surface area (Å²) in [5, 5.41) is 0. The number of ether oxygens (including phenoxy) is 3. The van der Waals surface area contributed by atoms with Crippen LogP contribution in [0.2, 0.25) is 0 Å². The minimum absolute atomic E-state index is 0.0896. The van der Waals surface area contributed by atoms with Gasteiger partial charge in [0.15, 0.2) is 6.10 Å². The summed E-state index contributed by atoms with van der Waals surface area (Å²) in [4.78, 5) is 37.6. The van der Waals surface area contributed by atoms with Crippen LogP contribution in [0.3, 0.4) is 0 Å². The third-order valence-corrected chi connectivity index (χ3v) is 9.45. The molecular weight excluding hydrogens is 697 g/mol. The molecule has 56 heavy (non-hydrogen) atoms. The van der Waals surface area contributed by atoms with Gasteiger partial charge < -0.3 is 14.2 Å². The summed E-state index contributed by atoms with van der Waals surface area (Å²) in [6.07, 6.45) is 54.6. The molecule has 0 aromatic carbocycles. The second-order valence-corrected chi connectivity index (χ2v) is 14.9. The number of unbranched alkanes of at least 4 members (excludes halogenated alkanes) is 17. The summed E-state index contributed by atoms with van der Waals surface area (Å²) < 4.78 is 16.6. The van der Waals surface area contributed by atoms with Gasteiger partial charge in [0.25, 0.3) is 0 Å². The smallest absolute Gasteiger partial charge is 0.306 e. The molecule has 0 radical (unpaired) electrons. The SMILES string of the molecule is CC/C=C\C/C=C\C/C=C\C/C=C\CCCCCCC(=O)OCC(COC(=O)CCCCCCCCC)OC(=O)CCCCCCC/C=C\C/C=C\CCCC. The molecule has 0 aromatic rings. The van der Waals surface area contributed by atoms with E-state index in [9.17, 15) is 14.4 Å². The first-order valence-electron chi connectivity index (χ1n) is 22.9. The number of esters is 3. The number of hydrogen-bond acceptors (Lipinski definition) is 6. The van der Waals surface area contributed by atoms with Crippen molar-refractivity contribution in [1.29, 1.82) is 0 Å². The number of carbonyl (C=O) groups excluding carboxylic acids is 3. The van der Waals surface area contributed by atoms with Crippen LogP contribution in [0.1, 0.15) is 207 Å². The van der Waals surface area contributed by atoms with E-state index < -0.39 is 6.10 Å². The Kier molecular flexibility index (Phi) is 42.1. The molecule has 0 aliphatic heterocycles. The fourth-order valence-corrected chi connectivity index (χ4v) is 5.98. The average Bonchev–Trinajstić information content (AvgIpc) is 3.19. The fourth-order valence-electron chi connectivity index (χ4n) is 5.98. The van der Waals surface area contributed by atoms with Crippen molar-refractivity contribution in [2.45, 2.75) is 213 Å². The molecular formula is C50H84O6. The predicted molar refractivity (Wildman–Crippen MR) is 238 cm³/mol. The molecule has 0 amide bonds. The minimum Gasteiger partial charge on any atom is -0.462 e. The molecule has 320 valence electrons. The van der Waals surface area contributed by atoms with Crippen LogP contribution >= 0.6 is 0 Å². The number of allylic oxidation sites excluding steroid dienone is 12. The average molecular weight is 781 g/mol. The molecule has 1 unspecified atom stereocenters. The molecule has 0 aromatic heterocycles. The normalized spacial score (nSPS) is 12.7. The summed E-state index contributed by atoms with van der Waals surface area (Å²) in [6.45, 7) is 6.39. The largest absolute Gasteiger partial charge is 0.462 e. The van der Waals surface area contributed by atoms with Crippen LogP contribution in [0.25, 0.3) is 0 Å².